The third-order valence-electron chi connectivity index (χ3n) is 4.92. The lowest BCUT2D eigenvalue weighted by molar-refractivity contribution is -0.192. The number of hydrogen-bond acceptors (Lipinski definition) is 5. The minimum absolute atomic E-state index is 0.0340. The predicted molar refractivity (Wildman–Crippen MR) is 122 cm³/mol. The number of alkyl halides is 3. The third kappa shape index (κ3) is 6.08. The van der Waals surface area contributed by atoms with Crippen molar-refractivity contribution < 1.29 is 33.0 Å². The second-order valence-electron chi connectivity index (χ2n) is 7.43. The van der Waals surface area contributed by atoms with E-state index in [2.05, 4.69) is 15.5 Å². The van der Waals surface area contributed by atoms with Crippen LogP contribution in [0, 0.1) is 6.92 Å². The Morgan fingerprint density at radius 2 is 1.83 bits per heavy atom. The van der Waals surface area contributed by atoms with Crippen LogP contribution in [0.25, 0.3) is 16.7 Å². The number of aliphatic hydroxyl groups is 1. The fourth-order valence-corrected chi connectivity index (χ4v) is 3.60. The molecule has 0 bridgehead atoms. The highest BCUT2D eigenvalue weighted by Gasteiger charge is 2.38. The maximum Gasteiger partial charge on any atom is 0.490 e. The summed E-state index contributed by atoms with van der Waals surface area (Å²) in [5.41, 5.74) is 4.04. The van der Waals surface area contributed by atoms with Gasteiger partial charge in [0.05, 0.1) is 11.0 Å². The first-order chi connectivity index (χ1) is 16.5. The van der Waals surface area contributed by atoms with E-state index in [1.54, 1.807) is 0 Å². The zero-order chi connectivity index (χ0) is 25.8. The van der Waals surface area contributed by atoms with Crippen molar-refractivity contribution in [2.75, 3.05) is 13.2 Å². The molecule has 9 nitrogen and oxygen atoms in total. The maximum atomic E-state index is 12.8. The molecule has 3 heterocycles. The number of carboxylic acid groups (broad SMARTS) is 1. The van der Waals surface area contributed by atoms with E-state index in [-0.39, 0.29) is 12.5 Å². The molecule has 0 radical (unpaired) electrons. The van der Waals surface area contributed by atoms with Gasteiger partial charge < -0.3 is 20.1 Å². The van der Waals surface area contributed by atoms with E-state index in [0.717, 1.165) is 28.1 Å². The van der Waals surface area contributed by atoms with E-state index < -0.39 is 12.1 Å². The minimum atomic E-state index is -5.08. The largest absolute Gasteiger partial charge is 0.490 e. The van der Waals surface area contributed by atoms with Crippen molar-refractivity contribution in [1.82, 2.24) is 24.5 Å². The van der Waals surface area contributed by atoms with Crippen LogP contribution in [-0.2, 0) is 11.3 Å². The number of carbonyl (C=O) groups excluding carboxylic acids is 1. The van der Waals surface area contributed by atoms with Crippen molar-refractivity contribution >= 4 is 40.2 Å². The number of halogens is 4. The molecule has 0 saturated heterocycles. The van der Waals surface area contributed by atoms with Crippen molar-refractivity contribution in [3.8, 4) is 0 Å². The van der Waals surface area contributed by atoms with Crippen LogP contribution >= 0.6 is 11.6 Å². The second kappa shape index (κ2) is 10.7. The molecule has 3 N–H and O–H groups in total. The number of rotatable bonds is 6. The Labute approximate surface area is 201 Å². The maximum absolute atomic E-state index is 12.8. The number of fused-ring (bicyclic) bond motifs is 3. The van der Waals surface area contributed by atoms with Gasteiger partial charge in [0.25, 0.3) is 5.91 Å². The topological polar surface area (TPSA) is 122 Å². The van der Waals surface area contributed by atoms with Crippen molar-refractivity contribution in [3.05, 3.63) is 64.6 Å². The first-order valence-corrected chi connectivity index (χ1v) is 10.7. The average molecular weight is 512 g/mol. The highest BCUT2D eigenvalue weighted by Crippen LogP contribution is 2.24. The fourth-order valence-electron chi connectivity index (χ4n) is 3.39. The van der Waals surface area contributed by atoms with Gasteiger partial charge in [-0.2, -0.15) is 13.2 Å². The van der Waals surface area contributed by atoms with Gasteiger partial charge in [-0.3, -0.25) is 9.20 Å². The SMILES string of the molecule is Cc1nnc2ccc3c(cc(C(=O)NCCCO)n3Cc3cccc(Cl)c3)n12.O=C(O)C(F)(F)F. The number of carbonyl (C=O) groups is 2. The zero-order valence-corrected chi connectivity index (χ0v) is 19.1. The first-order valence-electron chi connectivity index (χ1n) is 10.3. The van der Waals surface area contributed by atoms with Crippen LogP contribution in [-0.4, -0.2) is 60.6 Å². The Morgan fingerprint density at radius 3 is 2.46 bits per heavy atom. The van der Waals surface area contributed by atoms with Gasteiger partial charge in [-0.25, -0.2) is 4.79 Å². The number of nitrogens with one attached hydrogen (secondary N) is 1. The summed E-state index contributed by atoms with van der Waals surface area (Å²) in [7, 11) is 0. The van der Waals surface area contributed by atoms with Crippen LogP contribution in [0.2, 0.25) is 5.02 Å². The van der Waals surface area contributed by atoms with E-state index in [4.69, 9.17) is 26.6 Å². The highest BCUT2D eigenvalue weighted by atomic mass is 35.5. The summed E-state index contributed by atoms with van der Waals surface area (Å²) < 4.78 is 35.6. The lowest BCUT2D eigenvalue weighted by Gasteiger charge is -2.11. The number of amides is 1. The fraction of sp³-hybridized carbons (Fsp3) is 0.273. The highest BCUT2D eigenvalue weighted by molar-refractivity contribution is 6.30. The Bertz CT molecular complexity index is 1370. The number of aliphatic hydroxyl groups excluding tert-OH is 1. The van der Waals surface area contributed by atoms with E-state index in [9.17, 15) is 18.0 Å². The van der Waals surface area contributed by atoms with Crippen LogP contribution in [0.15, 0.2) is 42.5 Å². The van der Waals surface area contributed by atoms with Crippen LogP contribution in [0.5, 0.6) is 0 Å². The van der Waals surface area contributed by atoms with Gasteiger partial charge in [0.2, 0.25) is 0 Å². The van der Waals surface area contributed by atoms with Gasteiger partial charge in [-0.1, -0.05) is 23.7 Å². The molecule has 0 unspecified atom stereocenters. The molecule has 35 heavy (non-hydrogen) atoms. The monoisotopic (exact) mass is 511 g/mol. The molecule has 1 amide bonds. The van der Waals surface area contributed by atoms with E-state index in [0.29, 0.717) is 30.2 Å². The molecule has 0 spiro atoms. The molecule has 0 aliphatic carbocycles. The summed E-state index contributed by atoms with van der Waals surface area (Å²) in [6.45, 7) is 2.83. The molecule has 1 aromatic carbocycles. The lowest BCUT2D eigenvalue weighted by Crippen LogP contribution is -2.27. The minimum Gasteiger partial charge on any atom is -0.475 e. The summed E-state index contributed by atoms with van der Waals surface area (Å²) >= 11 is 6.14. The Morgan fingerprint density at radius 1 is 1.11 bits per heavy atom. The number of carboxylic acids is 1. The smallest absolute Gasteiger partial charge is 0.475 e. The Kier molecular flexibility index (Phi) is 7.97. The third-order valence-corrected chi connectivity index (χ3v) is 5.16. The normalized spacial score (nSPS) is 11.4. The summed E-state index contributed by atoms with van der Waals surface area (Å²) in [5.74, 6) is -2.19. The van der Waals surface area contributed by atoms with Crippen molar-refractivity contribution in [3.63, 3.8) is 0 Å². The number of hydrogen-bond donors (Lipinski definition) is 3. The van der Waals surface area contributed by atoms with Gasteiger partial charge in [0.15, 0.2) is 5.65 Å². The molecule has 0 atom stereocenters. The van der Waals surface area contributed by atoms with Gasteiger partial charge in [0.1, 0.15) is 11.5 Å². The van der Waals surface area contributed by atoms with Gasteiger partial charge >= 0.3 is 12.1 Å². The van der Waals surface area contributed by atoms with Crippen molar-refractivity contribution in [2.45, 2.75) is 26.1 Å². The van der Waals surface area contributed by atoms with E-state index in [1.807, 2.05) is 58.4 Å². The van der Waals surface area contributed by atoms with Crippen molar-refractivity contribution in [1.29, 1.82) is 0 Å². The summed E-state index contributed by atoms with van der Waals surface area (Å²) in [6.07, 6.45) is -4.57. The van der Waals surface area contributed by atoms with Gasteiger partial charge in [-0.15, -0.1) is 10.2 Å². The Hall–Kier alpha value is -3.64. The predicted octanol–water partition coefficient (Wildman–Crippen LogP) is 3.44. The number of nitrogens with zero attached hydrogens (tertiary/aromatic N) is 4. The molecule has 13 heteroatoms. The number of pyridine rings is 1. The molecule has 0 aliphatic heterocycles. The van der Waals surface area contributed by atoms with Gasteiger partial charge in [-0.05, 0) is 49.2 Å². The number of aryl methyl sites for hydroxylation is 1. The Balaban J connectivity index is 0.000000429. The molecular formula is C22H21ClF3N5O4. The zero-order valence-electron chi connectivity index (χ0n) is 18.4. The van der Waals surface area contributed by atoms with Crippen molar-refractivity contribution in [2.24, 2.45) is 0 Å². The summed E-state index contributed by atoms with van der Waals surface area (Å²) in [6, 6.07) is 13.3. The standard InChI is InChI=1S/C20H20ClN5O2.C2HF3O2/c1-13-23-24-19-7-6-16-17(26(13)19)11-18(20(28)22-8-3-9-27)25(16)12-14-4-2-5-15(21)10-14;3-2(4,5)1(6)7/h2,4-7,10-11,27H,3,8-9,12H2,1H3,(H,22,28);(H,6,7). The number of benzene rings is 1. The van der Waals surface area contributed by atoms with Crippen LogP contribution in [0.1, 0.15) is 28.3 Å². The molecule has 4 aromatic rings. The molecule has 186 valence electrons. The number of aromatic nitrogens is 4. The second-order valence-corrected chi connectivity index (χ2v) is 7.86. The summed E-state index contributed by atoms with van der Waals surface area (Å²) in [5, 5.41) is 27.9. The van der Waals surface area contributed by atoms with Gasteiger partial charge in [0, 0.05) is 24.7 Å². The van der Waals surface area contributed by atoms with Crippen LogP contribution < -0.4 is 5.32 Å². The molecule has 0 fully saturated rings. The molecule has 4 rings (SSSR count). The average Bonchev–Trinajstić information content (AvgIpc) is 3.34. The molecule has 3 aromatic heterocycles. The number of aliphatic carboxylic acids is 1. The first kappa shape index (κ1) is 26.0. The molecule has 0 aliphatic rings. The molecule has 0 saturated carbocycles. The van der Waals surface area contributed by atoms with E-state index in [1.165, 1.54) is 0 Å². The van der Waals surface area contributed by atoms with Crippen LogP contribution in [0.3, 0.4) is 0 Å². The quantitative estimate of drug-likeness (QED) is 0.341. The molecular weight excluding hydrogens is 491 g/mol. The van der Waals surface area contributed by atoms with Crippen LogP contribution in [0.4, 0.5) is 13.2 Å². The van der Waals surface area contributed by atoms with E-state index >= 15 is 0 Å². The lowest BCUT2D eigenvalue weighted by atomic mass is 10.2. The summed E-state index contributed by atoms with van der Waals surface area (Å²) in [4.78, 5) is 21.7.